The number of rotatable bonds is 6. The normalized spacial score (nSPS) is 13.8. The van der Waals surface area contributed by atoms with Crippen molar-refractivity contribution in [2.24, 2.45) is 5.14 Å². The van der Waals surface area contributed by atoms with Gasteiger partial charge in [-0.1, -0.05) is 30.3 Å². The summed E-state index contributed by atoms with van der Waals surface area (Å²) in [7, 11) is -3.72. The van der Waals surface area contributed by atoms with E-state index in [1.54, 1.807) is 38.1 Å². The van der Waals surface area contributed by atoms with E-state index in [4.69, 9.17) is 9.88 Å². The van der Waals surface area contributed by atoms with Gasteiger partial charge in [0.25, 0.3) is 5.91 Å². The number of amides is 1. The van der Waals surface area contributed by atoms with Crippen molar-refractivity contribution in [3.05, 3.63) is 60.2 Å². The molecule has 0 heterocycles. The molecule has 0 aromatic heterocycles. The summed E-state index contributed by atoms with van der Waals surface area (Å²) in [6.45, 7) is 3.47. The lowest BCUT2D eigenvalue weighted by atomic mass is 10.1. The lowest BCUT2D eigenvalue weighted by Crippen LogP contribution is -2.37. The van der Waals surface area contributed by atoms with E-state index in [0.29, 0.717) is 5.75 Å². The van der Waals surface area contributed by atoms with Crippen molar-refractivity contribution >= 4 is 15.9 Å². The minimum absolute atomic E-state index is 0.0329. The molecule has 0 spiro atoms. The van der Waals surface area contributed by atoms with Crippen molar-refractivity contribution in [1.82, 2.24) is 5.32 Å². The van der Waals surface area contributed by atoms with Crippen LogP contribution in [-0.2, 0) is 14.8 Å². The van der Waals surface area contributed by atoms with Crippen LogP contribution in [0.3, 0.4) is 0 Å². The van der Waals surface area contributed by atoms with Crippen molar-refractivity contribution in [2.45, 2.75) is 30.9 Å². The fraction of sp³-hybridized carbons (Fsp3) is 0.235. The molecule has 2 aromatic rings. The van der Waals surface area contributed by atoms with Gasteiger partial charge in [-0.15, -0.1) is 0 Å². The molecule has 128 valence electrons. The van der Waals surface area contributed by atoms with Crippen molar-refractivity contribution < 1.29 is 17.9 Å². The van der Waals surface area contributed by atoms with E-state index in [2.05, 4.69) is 5.32 Å². The van der Waals surface area contributed by atoms with Crippen LogP contribution in [0.5, 0.6) is 5.75 Å². The second-order valence-electron chi connectivity index (χ2n) is 5.42. The molecule has 0 bridgehead atoms. The molecule has 0 saturated carbocycles. The fourth-order valence-corrected chi connectivity index (χ4v) is 2.63. The number of nitrogens with two attached hydrogens (primary N) is 1. The number of hydrogen-bond acceptors (Lipinski definition) is 4. The molecule has 0 aliphatic rings. The average molecular weight is 348 g/mol. The number of nitrogens with one attached hydrogen (secondary N) is 1. The highest BCUT2D eigenvalue weighted by Gasteiger charge is 2.18. The van der Waals surface area contributed by atoms with Crippen molar-refractivity contribution in [3.63, 3.8) is 0 Å². The summed E-state index contributed by atoms with van der Waals surface area (Å²) in [6, 6.07) is 14.8. The predicted octanol–water partition coefficient (Wildman–Crippen LogP) is 1.98. The molecular formula is C17H20N2O4S. The number of benzene rings is 2. The summed E-state index contributed by atoms with van der Waals surface area (Å²) >= 11 is 0. The standard InChI is InChI=1S/C17H20N2O4S/c1-12(14-8-10-16(11-9-14)24(18,21)22)19-17(20)13(2)23-15-6-4-3-5-7-15/h3-13H,1-2H3,(H,19,20)(H2,18,21,22). The number of primary sulfonamides is 1. The van der Waals surface area contributed by atoms with Crippen LogP contribution < -0.4 is 15.2 Å². The average Bonchev–Trinajstić information content (AvgIpc) is 2.55. The Hall–Kier alpha value is -2.38. The molecule has 0 saturated heterocycles. The van der Waals surface area contributed by atoms with Gasteiger partial charge in [0.1, 0.15) is 5.75 Å². The molecule has 1 amide bonds. The molecule has 2 atom stereocenters. The number of sulfonamides is 1. The number of carbonyl (C=O) groups is 1. The van der Waals surface area contributed by atoms with Gasteiger partial charge in [0.05, 0.1) is 10.9 Å². The lowest BCUT2D eigenvalue weighted by molar-refractivity contribution is -0.127. The van der Waals surface area contributed by atoms with Crippen LogP contribution in [0.25, 0.3) is 0 Å². The minimum atomic E-state index is -3.72. The van der Waals surface area contributed by atoms with E-state index in [1.165, 1.54) is 12.1 Å². The molecule has 7 heteroatoms. The van der Waals surface area contributed by atoms with Crippen LogP contribution >= 0.6 is 0 Å². The zero-order valence-corrected chi connectivity index (χ0v) is 14.3. The maximum atomic E-state index is 12.2. The largest absolute Gasteiger partial charge is 0.481 e. The van der Waals surface area contributed by atoms with Gasteiger partial charge in [-0.25, -0.2) is 13.6 Å². The first-order valence-corrected chi connectivity index (χ1v) is 8.97. The smallest absolute Gasteiger partial charge is 0.261 e. The molecule has 6 nitrogen and oxygen atoms in total. The molecule has 0 radical (unpaired) electrons. The first-order chi connectivity index (χ1) is 11.3. The third-order valence-corrected chi connectivity index (χ3v) is 4.42. The van der Waals surface area contributed by atoms with E-state index in [0.717, 1.165) is 5.56 Å². The SMILES string of the molecule is CC(Oc1ccccc1)C(=O)NC(C)c1ccc(S(N)(=O)=O)cc1. The second-order valence-corrected chi connectivity index (χ2v) is 6.98. The molecular weight excluding hydrogens is 328 g/mol. The van der Waals surface area contributed by atoms with Gasteiger partial charge in [0, 0.05) is 0 Å². The number of carbonyl (C=O) groups excluding carboxylic acids is 1. The van der Waals surface area contributed by atoms with Gasteiger partial charge in [0.15, 0.2) is 6.10 Å². The number of para-hydroxylation sites is 1. The second kappa shape index (κ2) is 7.46. The van der Waals surface area contributed by atoms with E-state index in [1.807, 2.05) is 18.2 Å². The lowest BCUT2D eigenvalue weighted by Gasteiger charge is -2.19. The predicted molar refractivity (Wildman–Crippen MR) is 90.9 cm³/mol. The minimum Gasteiger partial charge on any atom is -0.481 e. The Morgan fingerprint density at radius 1 is 1.04 bits per heavy atom. The maximum absolute atomic E-state index is 12.2. The van der Waals surface area contributed by atoms with E-state index < -0.39 is 16.1 Å². The summed E-state index contributed by atoms with van der Waals surface area (Å²) in [6.07, 6.45) is -0.654. The molecule has 24 heavy (non-hydrogen) atoms. The van der Waals surface area contributed by atoms with Gasteiger partial charge in [-0.3, -0.25) is 4.79 Å². The zero-order chi connectivity index (χ0) is 17.7. The third kappa shape index (κ3) is 4.81. The number of ether oxygens (including phenoxy) is 1. The molecule has 0 fully saturated rings. The fourth-order valence-electron chi connectivity index (χ4n) is 2.12. The summed E-state index contributed by atoms with van der Waals surface area (Å²) in [4.78, 5) is 12.2. The van der Waals surface area contributed by atoms with Crippen LogP contribution in [-0.4, -0.2) is 20.4 Å². The molecule has 0 aliphatic heterocycles. The van der Waals surface area contributed by atoms with Gasteiger partial charge >= 0.3 is 0 Å². The summed E-state index contributed by atoms with van der Waals surface area (Å²) in [5.41, 5.74) is 0.766. The van der Waals surface area contributed by atoms with Crippen LogP contribution in [0.1, 0.15) is 25.5 Å². The van der Waals surface area contributed by atoms with Gasteiger partial charge in [-0.2, -0.15) is 0 Å². The molecule has 0 aliphatic carbocycles. The summed E-state index contributed by atoms with van der Waals surface area (Å²) in [5.74, 6) is 0.354. The van der Waals surface area contributed by atoms with Crippen LogP contribution in [0.2, 0.25) is 0 Å². The quantitative estimate of drug-likeness (QED) is 0.834. The first-order valence-electron chi connectivity index (χ1n) is 7.42. The van der Waals surface area contributed by atoms with Gasteiger partial charge < -0.3 is 10.1 Å². The highest BCUT2D eigenvalue weighted by atomic mass is 32.2. The van der Waals surface area contributed by atoms with Crippen molar-refractivity contribution in [3.8, 4) is 5.75 Å². The zero-order valence-electron chi connectivity index (χ0n) is 13.5. The Kier molecular flexibility index (Phi) is 5.58. The molecule has 3 N–H and O–H groups in total. The Morgan fingerprint density at radius 3 is 2.17 bits per heavy atom. The van der Waals surface area contributed by atoms with Crippen LogP contribution in [0, 0.1) is 0 Å². The first kappa shape index (κ1) is 18.0. The Labute approximate surface area is 141 Å². The number of hydrogen-bond donors (Lipinski definition) is 2. The third-order valence-electron chi connectivity index (χ3n) is 3.49. The molecule has 2 aromatic carbocycles. The summed E-state index contributed by atoms with van der Waals surface area (Å²) in [5, 5.41) is 7.89. The van der Waals surface area contributed by atoms with E-state index in [9.17, 15) is 13.2 Å². The van der Waals surface area contributed by atoms with E-state index >= 15 is 0 Å². The van der Waals surface area contributed by atoms with Gasteiger partial charge in [-0.05, 0) is 43.7 Å². The Balaban J connectivity index is 1.98. The Morgan fingerprint density at radius 2 is 1.62 bits per heavy atom. The van der Waals surface area contributed by atoms with Crippen molar-refractivity contribution in [2.75, 3.05) is 0 Å². The highest BCUT2D eigenvalue weighted by molar-refractivity contribution is 7.89. The monoisotopic (exact) mass is 348 g/mol. The van der Waals surface area contributed by atoms with Crippen LogP contribution in [0.15, 0.2) is 59.5 Å². The Bertz CT molecular complexity index is 789. The van der Waals surface area contributed by atoms with E-state index in [-0.39, 0.29) is 16.8 Å². The molecule has 2 rings (SSSR count). The summed E-state index contributed by atoms with van der Waals surface area (Å²) < 4.78 is 28.1. The maximum Gasteiger partial charge on any atom is 0.261 e. The van der Waals surface area contributed by atoms with Crippen LogP contribution in [0.4, 0.5) is 0 Å². The highest BCUT2D eigenvalue weighted by Crippen LogP contribution is 2.16. The molecule has 2 unspecified atom stereocenters. The van der Waals surface area contributed by atoms with Gasteiger partial charge in [0.2, 0.25) is 10.0 Å². The van der Waals surface area contributed by atoms with Crippen molar-refractivity contribution in [1.29, 1.82) is 0 Å². The topological polar surface area (TPSA) is 98.5 Å².